The second-order valence-electron chi connectivity index (χ2n) is 7.00. The van der Waals surface area contributed by atoms with Crippen molar-refractivity contribution in [1.29, 1.82) is 5.26 Å². The molecule has 0 unspecified atom stereocenters. The molecule has 0 aliphatic carbocycles. The molecule has 0 radical (unpaired) electrons. The van der Waals surface area contributed by atoms with Gasteiger partial charge < -0.3 is 24.7 Å². The topological polar surface area (TPSA) is 90.4 Å². The summed E-state index contributed by atoms with van der Waals surface area (Å²) >= 11 is 6.45. The minimum atomic E-state index is -0.233. The predicted molar refractivity (Wildman–Crippen MR) is 119 cm³/mol. The van der Waals surface area contributed by atoms with Crippen molar-refractivity contribution in [1.82, 2.24) is 9.88 Å². The molecule has 2 aromatic carbocycles. The highest BCUT2D eigenvalue weighted by Crippen LogP contribution is 2.31. The van der Waals surface area contributed by atoms with E-state index >= 15 is 0 Å². The van der Waals surface area contributed by atoms with Gasteiger partial charge in [0.15, 0.2) is 0 Å². The Morgan fingerprint density at radius 1 is 1.20 bits per heavy atom. The Morgan fingerprint density at radius 3 is 2.70 bits per heavy atom. The first kappa shape index (κ1) is 21.5. The number of H-pyrrole nitrogens is 1. The normalized spacial score (nSPS) is 10.8. The van der Waals surface area contributed by atoms with Gasteiger partial charge in [-0.25, -0.2) is 0 Å². The molecule has 3 rings (SSSR count). The number of rotatable bonds is 8. The Bertz CT molecular complexity index is 1150. The van der Waals surface area contributed by atoms with E-state index in [1.54, 1.807) is 30.3 Å². The third kappa shape index (κ3) is 4.85. The van der Waals surface area contributed by atoms with Crippen LogP contribution in [0, 0.1) is 11.3 Å². The summed E-state index contributed by atoms with van der Waals surface area (Å²) < 4.78 is 10.9. The lowest BCUT2D eigenvalue weighted by Crippen LogP contribution is -2.19. The summed E-state index contributed by atoms with van der Waals surface area (Å²) in [6.07, 6.45) is 0. The third-order valence-electron chi connectivity index (χ3n) is 4.60. The van der Waals surface area contributed by atoms with Crippen LogP contribution in [0.4, 0.5) is 5.69 Å². The molecule has 7 nitrogen and oxygen atoms in total. The number of methoxy groups -OCH3 is 1. The van der Waals surface area contributed by atoms with Gasteiger partial charge in [-0.1, -0.05) is 11.6 Å². The zero-order valence-corrected chi connectivity index (χ0v) is 17.8. The van der Waals surface area contributed by atoms with Gasteiger partial charge in [-0.3, -0.25) is 4.79 Å². The van der Waals surface area contributed by atoms with Gasteiger partial charge >= 0.3 is 0 Å². The molecule has 0 amide bonds. The van der Waals surface area contributed by atoms with Gasteiger partial charge in [-0.2, -0.15) is 5.26 Å². The van der Waals surface area contributed by atoms with Crippen molar-refractivity contribution in [3.8, 4) is 17.6 Å². The molecular formula is C22H23ClN4O3. The van der Waals surface area contributed by atoms with E-state index in [0.717, 1.165) is 17.6 Å². The van der Waals surface area contributed by atoms with Crippen LogP contribution in [0.1, 0.15) is 11.1 Å². The standard InChI is InChI=1S/C22H23ClN4O3/c1-27(2)8-9-30-18-7-5-14-10-16(22(28)26-21(14)20(18)23)13-25-17-6-4-15(12-24)19(11-17)29-3/h4-7,10-11,25H,8-9,13H2,1-3H3,(H,26,28). The van der Waals surface area contributed by atoms with E-state index in [9.17, 15) is 4.79 Å². The van der Waals surface area contributed by atoms with Gasteiger partial charge in [-0.05, 0) is 44.4 Å². The fourth-order valence-electron chi connectivity index (χ4n) is 2.94. The number of aromatic nitrogens is 1. The lowest BCUT2D eigenvalue weighted by molar-refractivity contribution is 0.261. The van der Waals surface area contributed by atoms with E-state index in [2.05, 4.69) is 16.4 Å². The SMILES string of the molecule is COc1cc(NCc2cc3ccc(OCCN(C)C)c(Cl)c3[nH]c2=O)ccc1C#N. The molecule has 0 fully saturated rings. The average molecular weight is 427 g/mol. The maximum Gasteiger partial charge on any atom is 0.253 e. The number of likely N-dealkylation sites (N-methyl/N-ethyl adjacent to an activating group) is 1. The first-order valence-electron chi connectivity index (χ1n) is 9.37. The first-order chi connectivity index (χ1) is 14.4. The highest BCUT2D eigenvalue weighted by molar-refractivity contribution is 6.36. The van der Waals surface area contributed by atoms with E-state index in [4.69, 9.17) is 26.3 Å². The summed E-state index contributed by atoms with van der Waals surface area (Å²) in [6, 6.07) is 12.7. The van der Waals surface area contributed by atoms with Crippen molar-refractivity contribution in [3.63, 3.8) is 0 Å². The van der Waals surface area contributed by atoms with Crippen LogP contribution in [0.5, 0.6) is 11.5 Å². The molecule has 156 valence electrons. The van der Waals surface area contributed by atoms with Crippen LogP contribution in [0.3, 0.4) is 0 Å². The lowest BCUT2D eigenvalue weighted by Gasteiger charge is -2.13. The molecule has 0 saturated heterocycles. The maximum atomic E-state index is 12.6. The minimum absolute atomic E-state index is 0.233. The Balaban J connectivity index is 1.80. The van der Waals surface area contributed by atoms with Crippen LogP contribution in [0.2, 0.25) is 5.02 Å². The van der Waals surface area contributed by atoms with Gasteiger partial charge in [-0.15, -0.1) is 0 Å². The molecule has 0 spiro atoms. The van der Waals surface area contributed by atoms with Crippen molar-refractivity contribution in [2.24, 2.45) is 0 Å². The predicted octanol–water partition coefficient (Wildman–Crippen LogP) is 3.61. The Morgan fingerprint density at radius 2 is 2.00 bits per heavy atom. The summed E-state index contributed by atoms with van der Waals surface area (Å²) in [4.78, 5) is 17.4. The average Bonchev–Trinajstić information content (AvgIpc) is 2.74. The number of anilines is 1. The monoisotopic (exact) mass is 426 g/mol. The van der Waals surface area contributed by atoms with E-state index in [-0.39, 0.29) is 5.56 Å². The lowest BCUT2D eigenvalue weighted by atomic mass is 10.1. The highest BCUT2D eigenvalue weighted by atomic mass is 35.5. The number of aromatic amines is 1. The largest absolute Gasteiger partial charge is 0.495 e. The Hall–Kier alpha value is -3.21. The molecular weight excluding hydrogens is 404 g/mol. The number of hydrogen-bond donors (Lipinski definition) is 2. The zero-order chi connectivity index (χ0) is 21.7. The molecule has 0 bridgehead atoms. The maximum absolute atomic E-state index is 12.6. The van der Waals surface area contributed by atoms with Crippen LogP contribution in [-0.2, 0) is 6.54 Å². The number of pyridine rings is 1. The fourth-order valence-corrected chi connectivity index (χ4v) is 3.21. The number of ether oxygens (including phenoxy) is 2. The second-order valence-corrected chi connectivity index (χ2v) is 7.38. The molecule has 3 aromatic rings. The Labute approximate surface area is 179 Å². The number of nitrogens with zero attached hydrogens (tertiary/aromatic N) is 2. The summed E-state index contributed by atoms with van der Waals surface area (Å²) in [5, 5.41) is 13.5. The quantitative estimate of drug-likeness (QED) is 0.571. The smallest absolute Gasteiger partial charge is 0.253 e. The molecule has 0 saturated carbocycles. The van der Waals surface area contributed by atoms with Crippen LogP contribution in [0.15, 0.2) is 41.2 Å². The summed E-state index contributed by atoms with van der Waals surface area (Å²) in [7, 11) is 5.44. The van der Waals surface area contributed by atoms with E-state index < -0.39 is 0 Å². The van der Waals surface area contributed by atoms with Gasteiger partial charge in [0, 0.05) is 35.8 Å². The molecule has 1 heterocycles. The minimum Gasteiger partial charge on any atom is -0.495 e. The van der Waals surface area contributed by atoms with Gasteiger partial charge in [0.1, 0.15) is 29.2 Å². The summed E-state index contributed by atoms with van der Waals surface area (Å²) in [5.74, 6) is 1.01. The summed E-state index contributed by atoms with van der Waals surface area (Å²) in [6.45, 7) is 1.56. The van der Waals surface area contributed by atoms with Crippen LogP contribution in [-0.4, -0.2) is 44.2 Å². The Kier molecular flexibility index (Phi) is 6.83. The number of nitrogens with one attached hydrogen (secondary N) is 2. The molecule has 1 aromatic heterocycles. The van der Waals surface area contributed by atoms with Crippen molar-refractivity contribution in [3.05, 3.63) is 62.9 Å². The van der Waals surface area contributed by atoms with Crippen molar-refractivity contribution < 1.29 is 9.47 Å². The van der Waals surface area contributed by atoms with E-state index in [0.29, 0.717) is 46.3 Å². The molecule has 30 heavy (non-hydrogen) atoms. The van der Waals surface area contributed by atoms with Crippen molar-refractivity contribution >= 4 is 28.2 Å². The van der Waals surface area contributed by atoms with Crippen molar-refractivity contribution in [2.75, 3.05) is 39.7 Å². The van der Waals surface area contributed by atoms with E-state index in [1.165, 1.54) is 7.11 Å². The first-order valence-corrected chi connectivity index (χ1v) is 9.74. The number of fused-ring (bicyclic) bond motifs is 1. The number of hydrogen-bond acceptors (Lipinski definition) is 6. The van der Waals surface area contributed by atoms with Crippen molar-refractivity contribution in [2.45, 2.75) is 6.54 Å². The van der Waals surface area contributed by atoms with Gasteiger partial charge in [0.2, 0.25) is 0 Å². The zero-order valence-electron chi connectivity index (χ0n) is 17.1. The second kappa shape index (κ2) is 9.53. The van der Waals surface area contributed by atoms with Crippen LogP contribution >= 0.6 is 11.6 Å². The molecule has 8 heteroatoms. The summed E-state index contributed by atoms with van der Waals surface area (Å²) in [5.41, 5.74) is 2.07. The van der Waals surface area contributed by atoms with Crippen LogP contribution < -0.4 is 20.3 Å². The molecule has 0 aliphatic rings. The molecule has 2 N–H and O–H groups in total. The third-order valence-corrected chi connectivity index (χ3v) is 4.97. The van der Waals surface area contributed by atoms with E-state index in [1.807, 2.05) is 25.1 Å². The number of halogens is 1. The van der Waals surface area contributed by atoms with Crippen LogP contribution in [0.25, 0.3) is 10.9 Å². The molecule has 0 aliphatic heterocycles. The fraction of sp³-hybridized carbons (Fsp3) is 0.273. The highest BCUT2D eigenvalue weighted by Gasteiger charge is 2.11. The number of nitriles is 1. The molecule has 0 atom stereocenters. The van der Waals surface area contributed by atoms with Gasteiger partial charge in [0.25, 0.3) is 5.56 Å². The van der Waals surface area contributed by atoms with Gasteiger partial charge in [0.05, 0.1) is 18.2 Å². The number of benzene rings is 2.